The quantitative estimate of drug-likeness (QED) is 0.494. The summed E-state index contributed by atoms with van der Waals surface area (Å²) >= 11 is 2.24. The molecule has 0 aromatic heterocycles. The van der Waals surface area contributed by atoms with Gasteiger partial charge in [0.2, 0.25) is 6.79 Å². The largest absolute Gasteiger partial charge is 0.454 e. The summed E-state index contributed by atoms with van der Waals surface area (Å²) in [4.78, 5) is 0. The summed E-state index contributed by atoms with van der Waals surface area (Å²) in [5, 5.41) is 10.8. The molecule has 0 spiro atoms. The Morgan fingerprint density at radius 2 is 2.18 bits per heavy atom. The Morgan fingerprint density at radius 1 is 1.45 bits per heavy atom. The molecule has 22 heavy (non-hydrogen) atoms. The zero-order valence-electron chi connectivity index (χ0n) is 13.0. The van der Waals surface area contributed by atoms with Gasteiger partial charge in [-0.25, -0.2) is 0 Å². The molecule has 1 aliphatic heterocycles. The molecule has 0 saturated carbocycles. The van der Waals surface area contributed by atoms with Crippen LogP contribution in [0.2, 0.25) is 0 Å². The standard InChI is InChI=1S/C18H23IO3/c1-4-6-10-18(13(3)19,17(20)7-5-2)14-8-9-15-16(11-14)22-12-21-15/h5,8-9,11,17,20H,2-4,6-7,10,12H2,1H3. The maximum absolute atomic E-state index is 10.8. The molecule has 0 amide bonds. The van der Waals surface area contributed by atoms with Crippen molar-refractivity contribution in [2.75, 3.05) is 6.79 Å². The Kier molecular flexibility index (Phi) is 5.92. The number of hydrogen-bond donors (Lipinski definition) is 1. The van der Waals surface area contributed by atoms with Gasteiger partial charge in [-0.05, 0) is 56.7 Å². The number of hydrogen-bond acceptors (Lipinski definition) is 3. The fourth-order valence-corrected chi connectivity index (χ4v) is 3.91. The molecule has 2 rings (SSSR count). The van der Waals surface area contributed by atoms with Crippen LogP contribution in [0.5, 0.6) is 11.5 Å². The molecule has 1 aliphatic rings. The summed E-state index contributed by atoms with van der Waals surface area (Å²) in [6, 6.07) is 5.91. The highest BCUT2D eigenvalue weighted by atomic mass is 127. The van der Waals surface area contributed by atoms with Gasteiger partial charge in [0, 0.05) is 0 Å². The second-order valence-corrected chi connectivity index (χ2v) is 6.89. The van der Waals surface area contributed by atoms with Gasteiger partial charge in [-0.15, -0.1) is 6.58 Å². The minimum absolute atomic E-state index is 0.251. The van der Waals surface area contributed by atoms with E-state index < -0.39 is 11.5 Å². The predicted octanol–water partition coefficient (Wildman–Crippen LogP) is 4.73. The van der Waals surface area contributed by atoms with Crippen molar-refractivity contribution in [1.82, 2.24) is 0 Å². The van der Waals surface area contributed by atoms with Gasteiger partial charge in [0.1, 0.15) is 0 Å². The SMILES string of the molecule is C=CCC(O)C(CCCC)(C(=C)I)c1ccc2c(c1)OCO2. The fraction of sp³-hybridized carbons (Fsp3) is 0.444. The number of ether oxygens (including phenoxy) is 2. The number of aliphatic hydroxyl groups is 1. The molecule has 0 aliphatic carbocycles. The molecule has 120 valence electrons. The van der Waals surface area contributed by atoms with Crippen LogP contribution in [-0.2, 0) is 5.41 Å². The van der Waals surface area contributed by atoms with Gasteiger partial charge in [-0.1, -0.05) is 38.5 Å². The number of unbranched alkanes of at least 4 members (excludes halogenated alkanes) is 1. The summed E-state index contributed by atoms with van der Waals surface area (Å²) in [6.45, 7) is 10.3. The first-order valence-corrected chi connectivity index (χ1v) is 8.68. The summed E-state index contributed by atoms with van der Waals surface area (Å²) in [5.74, 6) is 1.49. The van der Waals surface area contributed by atoms with Crippen LogP contribution in [0, 0.1) is 0 Å². The second kappa shape index (κ2) is 7.51. The Hall–Kier alpha value is -1.01. The van der Waals surface area contributed by atoms with Crippen LogP contribution in [0.15, 0.2) is 41.0 Å². The molecule has 1 aromatic rings. The first kappa shape index (κ1) is 17.3. The normalized spacial score (nSPS) is 16.9. The van der Waals surface area contributed by atoms with E-state index in [-0.39, 0.29) is 6.79 Å². The van der Waals surface area contributed by atoms with Crippen molar-refractivity contribution < 1.29 is 14.6 Å². The Bertz CT molecular complexity index is 555. The molecule has 0 saturated heterocycles. The van der Waals surface area contributed by atoms with Gasteiger partial charge in [0.15, 0.2) is 11.5 Å². The van der Waals surface area contributed by atoms with E-state index in [4.69, 9.17) is 9.47 Å². The number of halogens is 1. The zero-order valence-corrected chi connectivity index (χ0v) is 15.1. The second-order valence-electron chi connectivity index (χ2n) is 5.59. The lowest BCUT2D eigenvalue weighted by Gasteiger charge is -2.38. The Morgan fingerprint density at radius 3 is 2.82 bits per heavy atom. The lowest BCUT2D eigenvalue weighted by Crippen LogP contribution is -2.39. The molecular weight excluding hydrogens is 391 g/mol. The third kappa shape index (κ3) is 3.18. The van der Waals surface area contributed by atoms with Crippen LogP contribution in [0.25, 0.3) is 0 Å². The summed E-state index contributed by atoms with van der Waals surface area (Å²) in [5.41, 5.74) is 0.533. The van der Waals surface area contributed by atoms with Crippen molar-refractivity contribution in [2.45, 2.75) is 44.1 Å². The van der Waals surface area contributed by atoms with Crippen LogP contribution in [0.3, 0.4) is 0 Å². The number of aliphatic hydroxyl groups excluding tert-OH is 1. The van der Waals surface area contributed by atoms with E-state index in [0.717, 1.165) is 39.9 Å². The molecule has 2 unspecified atom stereocenters. The summed E-state index contributed by atoms with van der Waals surface area (Å²) in [6.07, 6.45) is 4.67. The molecule has 4 heteroatoms. The molecule has 1 heterocycles. The van der Waals surface area contributed by atoms with Crippen molar-refractivity contribution in [3.05, 3.63) is 46.6 Å². The average molecular weight is 414 g/mol. The fourth-order valence-electron chi connectivity index (χ4n) is 2.97. The van der Waals surface area contributed by atoms with E-state index in [0.29, 0.717) is 6.42 Å². The third-order valence-electron chi connectivity index (χ3n) is 4.26. The maximum Gasteiger partial charge on any atom is 0.231 e. The van der Waals surface area contributed by atoms with E-state index >= 15 is 0 Å². The molecule has 1 aromatic carbocycles. The van der Waals surface area contributed by atoms with Gasteiger partial charge >= 0.3 is 0 Å². The van der Waals surface area contributed by atoms with E-state index in [1.165, 1.54) is 0 Å². The summed E-state index contributed by atoms with van der Waals surface area (Å²) < 4.78 is 11.8. The molecule has 0 bridgehead atoms. The van der Waals surface area contributed by atoms with Gasteiger partial charge < -0.3 is 14.6 Å². The van der Waals surface area contributed by atoms with E-state index in [2.05, 4.69) is 42.7 Å². The number of benzene rings is 1. The highest BCUT2D eigenvalue weighted by molar-refractivity contribution is 14.1. The Labute approximate surface area is 146 Å². The minimum atomic E-state index is -0.554. The van der Waals surface area contributed by atoms with Gasteiger partial charge in [0.05, 0.1) is 11.5 Å². The van der Waals surface area contributed by atoms with Crippen molar-refractivity contribution in [3.63, 3.8) is 0 Å². The first-order chi connectivity index (χ1) is 10.6. The molecule has 0 fully saturated rings. The average Bonchev–Trinajstić information content (AvgIpc) is 2.95. The lowest BCUT2D eigenvalue weighted by atomic mass is 9.71. The van der Waals surface area contributed by atoms with Crippen LogP contribution in [-0.4, -0.2) is 18.0 Å². The van der Waals surface area contributed by atoms with Crippen molar-refractivity contribution in [1.29, 1.82) is 0 Å². The van der Waals surface area contributed by atoms with Crippen molar-refractivity contribution in [2.24, 2.45) is 0 Å². The van der Waals surface area contributed by atoms with Crippen LogP contribution in [0.1, 0.15) is 38.2 Å². The van der Waals surface area contributed by atoms with Gasteiger partial charge in [-0.2, -0.15) is 0 Å². The van der Waals surface area contributed by atoms with Crippen LogP contribution >= 0.6 is 22.6 Å². The predicted molar refractivity (Wildman–Crippen MR) is 97.7 cm³/mol. The highest BCUT2D eigenvalue weighted by Crippen LogP contribution is 2.46. The van der Waals surface area contributed by atoms with Gasteiger partial charge in [0.25, 0.3) is 0 Å². The number of rotatable bonds is 8. The molecule has 3 nitrogen and oxygen atoms in total. The van der Waals surface area contributed by atoms with E-state index in [1.807, 2.05) is 18.2 Å². The molecule has 0 radical (unpaired) electrons. The monoisotopic (exact) mass is 414 g/mol. The van der Waals surface area contributed by atoms with Crippen molar-refractivity contribution in [3.8, 4) is 11.5 Å². The maximum atomic E-state index is 10.8. The van der Waals surface area contributed by atoms with E-state index in [1.54, 1.807) is 6.08 Å². The van der Waals surface area contributed by atoms with Crippen molar-refractivity contribution >= 4 is 22.6 Å². The minimum Gasteiger partial charge on any atom is -0.454 e. The van der Waals surface area contributed by atoms with E-state index in [9.17, 15) is 5.11 Å². The third-order valence-corrected chi connectivity index (χ3v) is 5.22. The smallest absolute Gasteiger partial charge is 0.231 e. The topological polar surface area (TPSA) is 38.7 Å². The first-order valence-electron chi connectivity index (χ1n) is 7.60. The zero-order chi connectivity index (χ0) is 16.2. The number of fused-ring (bicyclic) bond motifs is 1. The summed E-state index contributed by atoms with van der Waals surface area (Å²) in [7, 11) is 0. The molecule has 1 N–H and O–H groups in total. The van der Waals surface area contributed by atoms with Crippen LogP contribution in [0.4, 0.5) is 0 Å². The highest BCUT2D eigenvalue weighted by Gasteiger charge is 2.41. The lowest BCUT2D eigenvalue weighted by molar-refractivity contribution is 0.101. The molecule has 2 atom stereocenters. The molecular formula is C18H23IO3. The van der Waals surface area contributed by atoms with Gasteiger partial charge in [-0.3, -0.25) is 0 Å². The Balaban J connectivity index is 2.49. The van der Waals surface area contributed by atoms with Crippen LogP contribution < -0.4 is 9.47 Å².